The molecule has 0 unspecified atom stereocenters. The van der Waals surface area contributed by atoms with Crippen LogP contribution in [0.3, 0.4) is 0 Å². The van der Waals surface area contributed by atoms with E-state index in [1.807, 2.05) is 36.1 Å². The van der Waals surface area contributed by atoms with Crippen LogP contribution >= 0.6 is 11.5 Å². The van der Waals surface area contributed by atoms with E-state index in [-0.39, 0.29) is 11.8 Å². The average molecular weight is 459 g/mol. The van der Waals surface area contributed by atoms with E-state index in [0.717, 1.165) is 35.7 Å². The van der Waals surface area contributed by atoms with Crippen molar-refractivity contribution < 1.29 is 19.1 Å². The average Bonchev–Trinajstić information content (AvgIpc) is 3.28. The summed E-state index contributed by atoms with van der Waals surface area (Å²) in [6.07, 6.45) is 3.08. The minimum Gasteiger partial charge on any atom is -0.497 e. The van der Waals surface area contributed by atoms with Crippen molar-refractivity contribution in [3.63, 3.8) is 0 Å². The molecule has 0 bridgehead atoms. The normalized spacial score (nSPS) is 18.9. The summed E-state index contributed by atoms with van der Waals surface area (Å²) in [5.74, 6) is 1.22. The summed E-state index contributed by atoms with van der Waals surface area (Å²) in [6, 6.07) is 7.80. The summed E-state index contributed by atoms with van der Waals surface area (Å²) < 4.78 is 14.7. The zero-order valence-electron chi connectivity index (χ0n) is 18.6. The van der Waals surface area contributed by atoms with Crippen molar-refractivity contribution in [3.05, 3.63) is 40.4 Å². The summed E-state index contributed by atoms with van der Waals surface area (Å²) in [7, 11) is 1.64. The first-order valence-corrected chi connectivity index (χ1v) is 11.9. The molecule has 1 aromatic carbocycles. The SMILES string of the molecule is COc1ccc(C2(C(=O)NCC3CCN(C(=O)c4snnc4C)CC3)CCOCC2)cc1. The molecule has 9 heteroatoms. The van der Waals surface area contributed by atoms with Crippen molar-refractivity contribution in [1.82, 2.24) is 19.8 Å². The van der Waals surface area contributed by atoms with Crippen LogP contribution in [-0.2, 0) is 14.9 Å². The monoisotopic (exact) mass is 458 g/mol. The highest BCUT2D eigenvalue weighted by Gasteiger charge is 2.42. The predicted octanol–water partition coefficient (Wildman–Crippen LogP) is 2.57. The van der Waals surface area contributed by atoms with Gasteiger partial charge in [-0.2, -0.15) is 0 Å². The standard InChI is InChI=1S/C23H30N4O4S/c1-16-20(32-26-25-16)21(28)27-11-7-17(8-12-27)15-24-22(29)23(9-13-31-14-10-23)18-3-5-19(30-2)6-4-18/h3-6,17H,7-15H2,1-2H3,(H,24,29). The summed E-state index contributed by atoms with van der Waals surface area (Å²) in [6.45, 7) is 4.97. The Balaban J connectivity index is 1.35. The van der Waals surface area contributed by atoms with Gasteiger partial charge in [-0.25, -0.2) is 0 Å². The minimum atomic E-state index is -0.572. The van der Waals surface area contributed by atoms with Gasteiger partial charge in [0.25, 0.3) is 5.91 Å². The number of hydrogen-bond acceptors (Lipinski definition) is 7. The molecule has 0 aliphatic carbocycles. The second-order valence-corrected chi connectivity index (χ2v) is 9.31. The van der Waals surface area contributed by atoms with E-state index in [0.29, 0.717) is 62.2 Å². The Kier molecular flexibility index (Phi) is 7.05. The largest absolute Gasteiger partial charge is 0.497 e. The molecule has 2 aliphatic rings. The Hall–Kier alpha value is -2.52. The number of carbonyl (C=O) groups excluding carboxylic acids is 2. The van der Waals surface area contributed by atoms with Crippen LogP contribution in [0, 0.1) is 12.8 Å². The zero-order valence-corrected chi connectivity index (χ0v) is 19.5. The molecule has 172 valence electrons. The number of nitrogens with zero attached hydrogens (tertiary/aromatic N) is 3. The van der Waals surface area contributed by atoms with E-state index in [1.54, 1.807) is 7.11 Å². The Labute approximate surface area is 192 Å². The zero-order chi connectivity index (χ0) is 22.6. The molecule has 0 radical (unpaired) electrons. The van der Waals surface area contributed by atoms with Gasteiger partial charge in [0.05, 0.1) is 18.2 Å². The number of carbonyl (C=O) groups is 2. The molecule has 3 heterocycles. The van der Waals surface area contributed by atoms with Crippen LogP contribution in [0.25, 0.3) is 0 Å². The van der Waals surface area contributed by atoms with Gasteiger partial charge in [0.15, 0.2) is 0 Å². The number of ether oxygens (including phenoxy) is 2. The van der Waals surface area contributed by atoms with Crippen molar-refractivity contribution in [3.8, 4) is 5.75 Å². The number of piperidine rings is 1. The second-order valence-electron chi connectivity index (χ2n) is 8.56. The van der Waals surface area contributed by atoms with Gasteiger partial charge in [-0.15, -0.1) is 5.10 Å². The Morgan fingerprint density at radius 3 is 2.50 bits per heavy atom. The van der Waals surface area contributed by atoms with Gasteiger partial charge >= 0.3 is 0 Å². The molecule has 2 aromatic rings. The molecule has 4 rings (SSSR count). The quantitative estimate of drug-likeness (QED) is 0.715. The minimum absolute atomic E-state index is 0.0145. The molecule has 32 heavy (non-hydrogen) atoms. The maximum atomic E-state index is 13.4. The number of methoxy groups -OCH3 is 1. The van der Waals surface area contributed by atoms with Crippen molar-refractivity contribution in [1.29, 1.82) is 0 Å². The number of nitrogens with one attached hydrogen (secondary N) is 1. The maximum absolute atomic E-state index is 13.4. The molecule has 0 spiro atoms. The smallest absolute Gasteiger partial charge is 0.267 e. The Morgan fingerprint density at radius 1 is 1.22 bits per heavy atom. The number of aryl methyl sites for hydroxylation is 1. The topological polar surface area (TPSA) is 93.7 Å². The van der Waals surface area contributed by atoms with Gasteiger partial charge in [-0.1, -0.05) is 16.6 Å². The van der Waals surface area contributed by atoms with E-state index in [9.17, 15) is 9.59 Å². The summed E-state index contributed by atoms with van der Waals surface area (Å²) in [5, 5.41) is 7.16. The number of likely N-dealkylation sites (tertiary alicyclic amines) is 1. The van der Waals surface area contributed by atoms with E-state index < -0.39 is 5.41 Å². The lowest BCUT2D eigenvalue weighted by molar-refractivity contribution is -0.130. The predicted molar refractivity (Wildman–Crippen MR) is 121 cm³/mol. The molecule has 1 aromatic heterocycles. The first-order valence-electron chi connectivity index (χ1n) is 11.1. The van der Waals surface area contributed by atoms with Gasteiger partial charge in [-0.3, -0.25) is 9.59 Å². The summed E-state index contributed by atoms with van der Waals surface area (Å²) in [4.78, 5) is 28.6. The van der Waals surface area contributed by atoms with Crippen LogP contribution in [0.1, 0.15) is 46.6 Å². The highest BCUT2D eigenvalue weighted by Crippen LogP contribution is 2.36. The molecular formula is C23H30N4O4S. The van der Waals surface area contributed by atoms with Crippen molar-refractivity contribution in [2.24, 2.45) is 5.92 Å². The molecule has 2 aliphatic heterocycles. The van der Waals surface area contributed by atoms with Crippen molar-refractivity contribution in [2.75, 3.05) is 40.0 Å². The maximum Gasteiger partial charge on any atom is 0.267 e. The van der Waals surface area contributed by atoms with Gasteiger partial charge in [0.2, 0.25) is 5.91 Å². The van der Waals surface area contributed by atoms with Gasteiger partial charge < -0.3 is 19.7 Å². The molecule has 2 saturated heterocycles. The highest BCUT2D eigenvalue weighted by molar-refractivity contribution is 7.07. The first kappa shape index (κ1) is 22.7. The van der Waals surface area contributed by atoms with Crippen molar-refractivity contribution in [2.45, 2.75) is 38.0 Å². The number of hydrogen-bond donors (Lipinski definition) is 1. The summed E-state index contributed by atoms with van der Waals surface area (Å²) >= 11 is 1.15. The van der Waals surface area contributed by atoms with Crippen LogP contribution in [0.2, 0.25) is 0 Å². The molecule has 0 atom stereocenters. The first-order chi connectivity index (χ1) is 15.5. The highest BCUT2D eigenvalue weighted by atomic mass is 32.1. The molecular weight excluding hydrogens is 428 g/mol. The third-order valence-corrected chi connectivity index (χ3v) is 7.54. The van der Waals surface area contributed by atoms with Crippen LogP contribution in [0.15, 0.2) is 24.3 Å². The number of benzene rings is 1. The lowest BCUT2D eigenvalue weighted by atomic mass is 9.73. The fourth-order valence-corrected chi connectivity index (χ4v) is 5.22. The lowest BCUT2D eigenvalue weighted by Gasteiger charge is -2.37. The second kappa shape index (κ2) is 9.95. The third-order valence-electron chi connectivity index (χ3n) is 6.72. The van der Waals surface area contributed by atoms with E-state index in [2.05, 4.69) is 14.9 Å². The number of amides is 2. The molecule has 2 fully saturated rings. The Bertz CT molecular complexity index is 932. The van der Waals surface area contributed by atoms with E-state index in [4.69, 9.17) is 9.47 Å². The van der Waals surface area contributed by atoms with Crippen LogP contribution < -0.4 is 10.1 Å². The molecule has 8 nitrogen and oxygen atoms in total. The fourth-order valence-electron chi connectivity index (χ4n) is 4.59. The fraction of sp³-hybridized carbons (Fsp3) is 0.565. The number of rotatable bonds is 6. The molecule has 1 N–H and O–H groups in total. The molecule has 0 saturated carbocycles. The lowest BCUT2D eigenvalue weighted by Crippen LogP contribution is -2.50. The van der Waals surface area contributed by atoms with Crippen molar-refractivity contribution >= 4 is 23.3 Å². The molecule has 2 amide bonds. The Morgan fingerprint density at radius 2 is 1.91 bits per heavy atom. The van der Waals surface area contributed by atoms with Crippen LogP contribution in [-0.4, -0.2) is 66.3 Å². The van der Waals surface area contributed by atoms with Crippen LogP contribution in [0.5, 0.6) is 5.75 Å². The number of aromatic nitrogens is 2. The van der Waals surface area contributed by atoms with E-state index >= 15 is 0 Å². The van der Waals surface area contributed by atoms with Gasteiger partial charge in [0, 0.05) is 32.8 Å². The van der Waals surface area contributed by atoms with Gasteiger partial charge in [-0.05, 0) is 67.8 Å². The third kappa shape index (κ3) is 4.63. The van der Waals surface area contributed by atoms with Crippen LogP contribution in [0.4, 0.5) is 0 Å². The summed E-state index contributed by atoms with van der Waals surface area (Å²) in [5.41, 5.74) is 1.13. The van der Waals surface area contributed by atoms with Gasteiger partial charge in [0.1, 0.15) is 10.6 Å². The van der Waals surface area contributed by atoms with E-state index in [1.165, 1.54) is 0 Å².